The van der Waals surface area contributed by atoms with E-state index in [-0.39, 0.29) is 18.5 Å². The fraction of sp³-hybridized carbons (Fsp3) is 0.450. The van der Waals surface area contributed by atoms with Crippen LogP contribution in [0.3, 0.4) is 0 Å². The number of benzene rings is 1. The number of urea groups is 1. The van der Waals surface area contributed by atoms with E-state index in [9.17, 15) is 14.4 Å². The van der Waals surface area contributed by atoms with Crippen LogP contribution in [-0.4, -0.2) is 36.2 Å². The average Bonchev–Trinajstić information content (AvgIpc) is 2.94. The molecule has 3 amide bonds. The van der Waals surface area contributed by atoms with Crippen LogP contribution in [0.1, 0.15) is 50.7 Å². The predicted molar refractivity (Wildman–Crippen MR) is 103 cm³/mol. The minimum atomic E-state index is -0.801. The fourth-order valence-corrected chi connectivity index (χ4v) is 2.39. The molecule has 28 heavy (non-hydrogen) atoms. The van der Waals surface area contributed by atoms with E-state index in [4.69, 9.17) is 13.9 Å². The average molecular weight is 390 g/mol. The number of amides is 3. The number of carbonyl (C=O) groups excluding carboxylic acids is 3. The second kappa shape index (κ2) is 8.88. The van der Waals surface area contributed by atoms with Gasteiger partial charge in [-0.25, -0.2) is 9.59 Å². The molecule has 8 heteroatoms. The summed E-state index contributed by atoms with van der Waals surface area (Å²) < 4.78 is 16.2. The monoisotopic (exact) mass is 390 g/mol. The molecule has 0 fully saturated rings. The standard InChI is InChI=1S/C20H26N2O6/c1-12(2)26-10-14-13-8-6-7-9-15(13)28-17(14)18(24)27-11-16(23)21-19(25)22-20(3,4)5/h6-9,12H,10-11H2,1-5H3,(H2,21,22,23,25). The van der Waals surface area contributed by atoms with Crippen LogP contribution in [0.4, 0.5) is 4.79 Å². The molecular weight excluding hydrogens is 364 g/mol. The van der Waals surface area contributed by atoms with Crippen LogP contribution in [0, 0.1) is 0 Å². The third-order valence-electron chi connectivity index (χ3n) is 3.52. The van der Waals surface area contributed by atoms with Gasteiger partial charge in [-0.2, -0.15) is 0 Å². The van der Waals surface area contributed by atoms with Gasteiger partial charge in [-0.3, -0.25) is 10.1 Å². The third-order valence-corrected chi connectivity index (χ3v) is 3.52. The van der Waals surface area contributed by atoms with Crippen LogP contribution in [0.5, 0.6) is 0 Å². The Kier molecular flexibility index (Phi) is 6.80. The first-order chi connectivity index (χ1) is 13.1. The molecule has 0 saturated heterocycles. The first-order valence-electron chi connectivity index (χ1n) is 8.98. The van der Waals surface area contributed by atoms with Gasteiger partial charge in [0.25, 0.3) is 5.91 Å². The van der Waals surface area contributed by atoms with E-state index in [0.29, 0.717) is 11.1 Å². The van der Waals surface area contributed by atoms with Gasteiger partial charge in [0.2, 0.25) is 5.76 Å². The second-order valence-electron chi connectivity index (χ2n) is 7.59. The Bertz CT molecular complexity index is 863. The molecule has 1 aromatic heterocycles. The van der Waals surface area contributed by atoms with Crippen molar-refractivity contribution in [1.82, 2.24) is 10.6 Å². The SMILES string of the molecule is CC(C)OCc1c(C(=O)OCC(=O)NC(=O)NC(C)(C)C)oc2ccccc12. The highest BCUT2D eigenvalue weighted by molar-refractivity contribution is 5.99. The summed E-state index contributed by atoms with van der Waals surface area (Å²) in [6.45, 7) is 8.65. The Balaban J connectivity index is 2.05. The summed E-state index contributed by atoms with van der Waals surface area (Å²) in [6.07, 6.45) is -0.0374. The molecule has 0 atom stereocenters. The van der Waals surface area contributed by atoms with E-state index in [1.165, 1.54) is 0 Å². The Hall–Kier alpha value is -2.87. The zero-order chi connectivity index (χ0) is 20.9. The van der Waals surface area contributed by atoms with Gasteiger partial charge >= 0.3 is 12.0 Å². The van der Waals surface area contributed by atoms with Gasteiger partial charge in [0, 0.05) is 16.5 Å². The first kappa shape index (κ1) is 21.4. The van der Waals surface area contributed by atoms with E-state index < -0.39 is 30.1 Å². The Morgan fingerprint density at radius 3 is 2.46 bits per heavy atom. The number of nitrogens with one attached hydrogen (secondary N) is 2. The number of hydrogen-bond acceptors (Lipinski definition) is 6. The van der Waals surface area contributed by atoms with Crippen LogP contribution < -0.4 is 10.6 Å². The zero-order valence-electron chi connectivity index (χ0n) is 16.8. The van der Waals surface area contributed by atoms with E-state index >= 15 is 0 Å². The quantitative estimate of drug-likeness (QED) is 0.734. The van der Waals surface area contributed by atoms with Gasteiger partial charge in [0.1, 0.15) is 5.58 Å². The van der Waals surface area contributed by atoms with Crippen LogP contribution in [-0.2, 0) is 20.9 Å². The summed E-state index contributed by atoms with van der Waals surface area (Å²) in [5, 5.41) is 5.42. The van der Waals surface area contributed by atoms with Gasteiger partial charge < -0.3 is 19.2 Å². The van der Waals surface area contributed by atoms with Crippen molar-refractivity contribution >= 4 is 28.9 Å². The Morgan fingerprint density at radius 2 is 1.82 bits per heavy atom. The molecule has 0 spiro atoms. The highest BCUT2D eigenvalue weighted by Gasteiger charge is 2.23. The third kappa shape index (κ3) is 6.09. The molecule has 0 unspecified atom stereocenters. The molecule has 1 aromatic carbocycles. The summed E-state index contributed by atoms with van der Waals surface area (Å²) in [7, 11) is 0. The van der Waals surface area contributed by atoms with Crippen LogP contribution in [0.25, 0.3) is 11.0 Å². The van der Waals surface area contributed by atoms with E-state index in [1.54, 1.807) is 32.9 Å². The lowest BCUT2D eigenvalue weighted by Crippen LogP contribution is -2.49. The largest absolute Gasteiger partial charge is 0.450 e. The molecule has 2 N–H and O–H groups in total. The minimum Gasteiger partial charge on any atom is -0.450 e. The number of ether oxygens (including phenoxy) is 2. The number of para-hydroxylation sites is 1. The summed E-state index contributed by atoms with van der Waals surface area (Å²) in [4.78, 5) is 36.0. The minimum absolute atomic E-state index is 0.0196. The smallest absolute Gasteiger partial charge is 0.375 e. The lowest BCUT2D eigenvalue weighted by atomic mass is 10.1. The highest BCUT2D eigenvalue weighted by atomic mass is 16.5. The van der Waals surface area contributed by atoms with Gasteiger partial charge in [0.15, 0.2) is 6.61 Å². The van der Waals surface area contributed by atoms with Crippen molar-refractivity contribution in [3.8, 4) is 0 Å². The molecule has 8 nitrogen and oxygen atoms in total. The van der Waals surface area contributed by atoms with Crippen LogP contribution in [0.15, 0.2) is 28.7 Å². The zero-order valence-corrected chi connectivity index (χ0v) is 16.8. The molecule has 0 aliphatic carbocycles. The lowest BCUT2D eigenvalue weighted by Gasteiger charge is -2.20. The predicted octanol–water partition coefficient (Wildman–Crippen LogP) is 3.14. The summed E-state index contributed by atoms with van der Waals surface area (Å²) in [6, 6.07) is 6.50. The summed E-state index contributed by atoms with van der Waals surface area (Å²) >= 11 is 0. The molecule has 1 heterocycles. The molecular formula is C20H26N2O6. The topological polar surface area (TPSA) is 107 Å². The number of hydrogen-bond donors (Lipinski definition) is 2. The maximum atomic E-state index is 12.4. The number of carbonyl (C=O) groups is 3. The van der Waals surface area contributed by atoms with E-state index in [2.05, 4.69) is 10.6 Å². The van der Waals surface area contributed by atoms with Gasteiger partial charge in [-0.05, 0) is 40.7 Å². The van der Waals surface area contributed by atoms with Crippen LogP contribution >= 0.6 is 0 Å². The van der Waals surface area contributed by atoms with E-state index in [0.717, 1.165) is 5.39 Å². The maximum Gasteiger partial charge on any atom is 0.375 e. The number of furan rings is 1. The molecule has 0 saturated carbocycles. The van der Waals surface area contributed by atoms with Crippen molar-refractivity contribution in [2.45, 2.75) is 52.9 Å². The van der Waals surface area contributed by atoms with Crippen molar-refractivity contribution in [3.63, 3.8) is 0 Å². The Morgan fingerprint density at radius 1 is 1.14 bits per heavy atom. The molecule has 2 aromatic rings. The van der Waals surface area contributed by atoms with Crippen molar-refractivity contribution in [1.29, 1.82) is 0 Å². The molecule has 0 aliphatic heterocycles. The van der Waals surface area contributed by atoms with Crippen molar-refractivity contribution in [2.24, 2.45) is 0 Å². The molecule has 2 rings (SSSR count). The summed E-state index contributed by atoms with van der Waals surface area (Å²) in [5.41, 5.74) is 0.576. The summed E-state index contributed by atoms with van der Waals surface area (Å²) in [5.74, 6) is -1.56. The van der Waals surface area contributed by atoms with Crippen molar-refractivity contribution in [2.75, 3.05) is 6.61 Å². The van der Waals surface area contributed by atoms with Gasteiger partial charge in [0.05, 0.1) is 12.7 Å². The molecule has 0 aliphatic rings. The molecule has 0 bridgehead atoms. The maximum absolute atomic E-state index is 12.4. The first-order valence-corrected chi connectivity index (χ1v) is 8.98. The highest BCUT2D eigenvalue weighted by Crippen LogP contribution is 2.27. The van der Waals surface area contributed by atoms with Gasteiger partial charge in [-0.1, -0.05) is 18.2 Å². The number of imide groups is 1. The van der Waals surface area contributed by atoms with Crippen molar-refractivity contribution in [3.05, 3.63) is 35.6 Å². The van der Waals surface area contributed by atoms with Crippen LogP contribution in [0.2, 0.25) is 0 Å². The number of esters is 1. The fourth-order valence-electron chi connectivity index (χ4n) is 2.39. The van der Waals surface area contributed by atoms with Gasteiger partial charge in [-0.15, -0.1) is 0 Å². The normalized spacial score (nSPS) is 11.5. The second-order valence-corrected chi connectivity index (χ2v) is 7.59. The molecule has 152 valence electrons. The number of fused-ring (bicyclic) bond motifs is 1. The lowest BCUT2D eigenvalue weighted by molar-refractivity contribution is -0.123. The van der Waals surface area contributed by atoms with Crippen molar-refractivity contribution < 1.29 is 28.3 Å². The van der Waals surface area contributed by atoms with E-state index in [1.807, 2.05) is 26.0 Å². The Labute approximate surface area is 163 Å². The number of rotatable bonds is 6. The molecule has 0 radical (unpaired) electrons.